The third-order valence-electron chi connectivity index (χ3n) is 8.01. The Morgan fingerprint density at radius 1 is 1.15 bits per heavy atom. The van der Waals surface area contributed by atoms with E-state index >= 15 is 0 Å². The number of pyridine rings is 1. The average Bonchev–Trinajstić information content (AvgIpc) is 3.78. The maximum Gasteiger partial charge on any atom is 0.258 e. The van der Waals surface area contributed by atoms with Gasteiger partial charge in [0.15, 0.2) is 0 Å². The van der Waals surface area contributed by atoms with E-state index in [0.29, 0.717) is 35.7 Å². The molecule has 1 aliphatic carbocycles. The van der Waals surface area contributed by atoms with Crippen LogP contribution in [0.1, 0.15) is 73.6 Å². The third-order valence-corrected chi connectivity index (χ3v) is 8.01. The summed E-state index contributed by atoms with van der Waals surface area (Å²) in [6, 6.07) is 8.04. The molecule has 1 aliphatic heterocycles. The Kier molecular flexibility index (Phi) is 11.1. The van der Waals surface area contributed by atoms with E-state index in [1.807, 2.05) is 13.8 Å². The molecule has 2 aromatic rings. The number of aliphatic hydroxyl groups is 1. The summed E-state index contributed by atoms with van der Waals surface area (Å²) in [6.07, 6.45) is 8.30. The molecule has 1 aromatic heterocycles. The van der Waals surface area contributed by atoms with Crippen molar-refractivity contribution in [3.05, 3.63) is 53.9 Å². The van der Waals surface area contributed by atoms with Gasteiger partial charge in [-0.2, -0.15) is 0 Å². The van der Waals surface area contributed by atoms with Crippen LogP contribution >= 0.6 is 0 Å². The van der Waals surface area contributed by atoms with Crippen molar-refractivity contribution in [2.75, 3.05) is 45.2 Å². The number of fused-ring (bicyclic) bond motifs is 1. The highest BCUT2D eigenvalue weighted by molar-refractivity contribution is 6.05. The van der Waals surface area contributed by atoms with E-state index in [1.165, 1.54) is 12.8 Å². The van der Waals surface area contributed by atoms with Gasteiger partial charge in [0.2, 0.25) is 0 Å². The van der Waals surface area contributed by atoms with Gasteiger partial charge in [0.05, 0.1) is 30.4 Å². The lowest BCUT2D eigenvalue weighted by Crippen LogP contribution is -2.47. The first kappa shape index (κ1) is 30.9. The van der Waals surface area contributed by atoms with E-state index in [1.54, 1.807) is 47.6 Å². The minimum absolute atomic E-state index is 0.0374. The Morgan fingerprint density at radius 2 is 1.90 bits per heavy atom. The van der Waals surface area contributed by atoms with Crippen molar-refractivity contribution in [2.45, 2.75) is 71.1 Å². The van der Waals surface area contributed by atoms with E-state index in [0.717, 1.165) is 38.3 Å². The molecule has 0 unspecified atom stereocenters. The minimum atomic E-state index is -0.414. The molecule has 2 heterocycles. The molecule has 2 aliphatic rings. The number of rotatable bonds is 8. The van der Waals surface area contributed by atoms with Crippen LogP contribution in [0.2, 0.25) is 0 Å². The van der Waals surface area contributed by atoms with Crippen LogP contribution in [0.3, 0.4) is 0 Å². The predicted molar refractivity (Wildman–Crippen MR) is 159 cm³/mol. The molecule has 0 spiro atoms. The molecule has 0 radical (unpaired) electrons. The van der Waals surface area contributed by atoms with Crippen molar-refractivity contribution < 1.29 is 24.2 Å². The molecular weight excluding hydrogens is 520 g/mol. The number of nitrogens with one attached hydrogen (secondary N) is 1. The number of aromatic nitrogens is 1. The van der Waals surface area contributed by atoms with E-state index < -0.39 is 6.04 Å². The first-order valence-corrected chi connectivity index (χ1v) is 15.0. The van der Waals surface area contributed by atoms with E-state index in [4.69, 9.17) is 9.47 Å². The van der Waals surface area contributed by atoms with Crippen LogP contribution in [0.15, 0.2) is 42.7 Å². The lowest BCUT2D eigenvalue weighted by atomic mass is 10.0. The molecular formula is C32H46N4O5. The fourth-order valence-corrected chi connectivity index (χ4v) is 5.29. The molecule has 2 N–H and O–H groups in total. The summed E-state index contributed by atoms with van der Waals surface area (Å²) in [7, 11) is 2.15. The molecule has 41 heavy (non-hydrogen) atoms. The first-order valence-electron chi connectivity index (χ1n) is 15.0. The molecule has 1 fully saturated rings. The fourth-order valence-electron chi connectivity index (χ4n) is 5.29. The van der Waals surface area contributed by atoms with Crippen molar-refractivity contribution in [3.8, 4) is 5.75 Å². The second kappa shape index (κ2) is 14.8. The molecule has 0 saturated heterocycles. The van der Waals surface area contributed by atoms with Crippen molar-refractivity contribution in [1.82, 2.24) is 14.8 Å². The molecule has 9 nitrogen and oxygen atoms in total. The standard InChI is InChI=1S/C32H46N4O5/c1-22-18-36(23(2)21-37)32(39)28-17-27(34-31(38)26-12-14-33-15-13-26)10-11-29(28)41-24(3)7-5-6-16-40-30(22)20-35(4)19-25-8-9-25/h10-15,17,22-25,30,37H,5-9,16,18-21H2,1-4H3,(H,34,38)/t22-,23+,24-,30-/m1/s1. The van der Waals surface area contributed by atoms with E-state index in [2.05, 4.69) is 29.2 Å². The Balaban J connectivity index is 1.62. The zero-order chi connectivity index (χ0) is 29.4. The Hall–Kier alpha value is -3.01. The molecule has 4 rings (SSSR count). The Morgan fingerprint density at radius 3 is 2.61 bits per heavy atom. The molecule has 4 atom stereocenters. The summed E-state index contributed by atoms with van der Waals surface area (Å²) < 4.78 is 12.7. The number of ether oxygens (including phenoxy) is 2. The second-order valence-electron chi connectivity index (χ2n) is 11.9. The summed E-state index contributed by atoms with van der Waals surface area (Å²) in [5.41, 5.74) is 1.32. The van der Waals surface area contributed by atoms with Gasteiger partial charge in [-0.05, 0) is 89.2 Å². The highest BCUT2D eigenvalue weighted by atomic mass is 16.5. The van der Waals surface area contributed by atoms with Gasteiger partial charge < -0.3 is 29.7 Å². The zero-order valence-corrected chi connectivity index (χ0v) is 24.9. The van der Waals surface area contributed by atoms with Gasteiger partial charge in [-0.3, -0.25) is 14.6 Å². The quantitative estimate of drug-likeness (QED) is 0.486. The second-order valence-corrected chi connectivity index (χ2v) is 11.9. The largest absolute Gasteiger partial charge is 0.490 e. The highest BCUT2D eigenvalue weighted by Crippen LogP contribution is 2.31. The van der Waals surface area contributed by atoms with Crippen LogP contribution in [0.5, 0.6) is 5.75 Å². The van der Waals surface area contributed by atoms with Gasteiger partial charge in [0, 0.05) is 55.8 Å². The molecule has 224 valence electrons. The highest BCUT2D eigenvalue weighted by Gasteiger charge is 2.31. The number of carbonyl (C=O) groups is 2. The Bertz CT molecular complexity index is 1140. The van der Waals surface area contributed by atoms with Gasteiger partial charge in [-0.25, -0.2) is 0 Å². The maximum atomic E-state index is 14.2. The zero-order valence-electron chi connectivity index (χ0n) is 24.9. The van der Waals surface area contributed by atoms with Crippen molar-refractivity contribution >= 4 is 17.5 Å². The number of hydrogen-bond acceptors (Lipinski definition) is 7. The molecule has 1 aromatic carbocycles. The number of aliphatic hydroxyl groups excluding tert-OH is 1. The van der Waals surface area contributed by atoms with Crippen LogP contribution < -0.4 is 10.1 Å². The van der Waals surface area contributed by atoms with E-state index in [-0.39, 0.29) is 36.5 Å². The smallest absolute Gasteiger partial charge is 0.258 e. The van der Waals surface area contributed by atoms with Crippen molar-refractivity contribution in [3.63, 3.8) is 0 Å². The van der Waals surface area contributed by atoms with Crippen LogP contribution in [0.25, 0.3) is 0 Å². The molecule has 1 saturated carbocycles. The fraction of sp³-hybridized carbons (Fsp3) is 0.594. The first-order chi connectivity index (χ1) is 19.7. The number of hydrogen-bond donors (Lipinski definition) is 2. The number of anilines is 1. The number of likely N-dealkylation sites (N-methyl/N-ethyl adjacent to an activating group) is 1. The monoisotopic (exact) mass is 566 g/mol. The van der Waals surface area contributed by atoms with Gasteiger partial charge in [-0.15, -0.1) is 0 Å². The summed E-state index contributed by atoms with van der Waals surface area (Å²) in [6.45, 7) is 8.76. The molecule has 9 heteroatoms. The van der Waals surface area contributed by atoms with Gasteiger partial charge in [0.1, 0.15) is 5.75 Å². The van der Waals surface area contributed by atoms with Crippen molar-refractivity contribution in [2.24, 2.45) is 11.8 Å². The van der Waals surface area contributed by atoms with Gasteiger partial charge >= 0.3 is 0 Å². The Labute approximate surface area is 244 Å². The number of benzene rings is 1. The molecule has 0 bridgehead atoms. The summed E-state index contributed by atoms with van der Waals surface area (Å²) in [4.78, 5) is 35.1. The number of amides is 2. The average molecular weight is 567 g/mol. The summed E-state index contributed by atoms with van der Waals surface area (Å²) in [5, 5.41) is 13.0. The minimum Gasteiger partial charge on any atom is -0.490 e. The van der Waals surface area contributed by atoms with Crippen LogP contribution in [-0.4, -0.2) is 89.9 Å². The van der Waals surface area contributed by atoms with E-state index in [9.17, 15) is 14.7 Å². The topological polar surface area (TPSA) is 104 Å². The normalized spacial score (nSPS) is 23.3. The number of carbonyl (C=O) groups excluding carboxylic acids is 2. The van der Waals surface area contributed by atoms with Crippen LogP contribution in [-0.2, 0) is 4.74 Å². The van der Waals surface area contributed by atoms with Gasteiger partial charge in [-0.1, -0.05) is 6.92 Å². The summed E-state index contributed by atoms with van der Waals surface area (Å²) >= 11 is 0. The molecule has 2 amide bonds. The van der Waals surface area contributed by atoms with Crippen LogP contribution in [0.4, 0.5) is 5.69 Å². The maximum absolute atomic E-state index is 14.2. The third kappa shape index (κ3) is 8.99. The predicted octanol–water partition coefficient (Wildman–Crippen LogP) is 4.47. The summed E-state index contributed by atoms with van der Waals surface area (Å²) in [5.74, 6) is 0.756. The lowest BCUT2D eigenvalue weighted by Gasteiger charge is -2.36. The lowest BCUT2D eigenvalue weighted by molar-refractivity contribution is -0.0172. The van der Waals surface area contributed by atoms with Crippen LogP contribution in [0, 0.1) is 11.8 Å². The van der Waals surface area contributed by atoms with Gasteiger partial charge in [0.25, 0.3) is 11.8 Å². The van der Waals surface area contributed by atoms with Crippen molar-refractivity contribution in [1.29, 1.82) is 0 Å². The number of nitrogens with zero attached hydrogens (tertiary/aromatic N) is 3. The SMILES string of the molecule is C[C@@H]1CCCCO[C@H](CN(C)CC2CC2)[C@H](C)CN([C@@H](C)CO)C(=O)c2cc(NC(=O)c3ccncc3)ccc2O1.